The van der Waals surface area contributed by atoms with Gasteiger partial charge in [-0.2, -0.15) is 0 Å². The van der Waals surface area contributed by atoms with Crippen LogP contribution in [-0.2, 0) is 0 Å². The molecule has 0 unspecified atom stereocenters. The van der Waals surface area contributed by atoms with Crippen LogP contribution in [-0.4, -0.2) is 4.57 Å². The van der Waals surface area contributed by atoms with E-state index in [0.717, 1.165) is 61.4 Å². The lowest BCUT2D eigenvalue weighted by atomic mass is 9.97. The highest BCUT2D eigenvalue weighted by Crippen LogP contribution is 2.43. The van der Waals surface area contributed by atoms with Gasteiger partial charge in [-0.15, -0.1) is 0 Å². The Labute approximate surface area is 353 Å². The van der Waals surface area contributed by atoms with Gasteiger partial charge in [0, 0.05) is 49.4 Å². The third kappa shape index (κ3) is 5.82. The molecule has 0 saturated heterocycles. The van der Waals surface area contributed by atoms with Crippen molar-refractivity contribution in [2.45, 2.75) is 0 Å². The Hall–Kier alpha value is -8.14. The number of hydrogen-bond donors (Lipinski definition) is 0. The van der Waals surface area contributed by atoms with Crippen molar-refractivity contribution in [3.63, 3.8) is 0 Å². The molecule has 2 aromatic heterocycles. The van der Waals surface area contributed by atoms with Crippen LogP contribution >= 0.6 is 0 Å². The second-order valence-corrected chi connectivity index (χ2v) is 15.7. The van der Waals surface area contributed by atoms with Crippen molar-refractivity contribution in [1.82, 2.24) is 4.57 Å². The van der Waals surface area contributed by atoms with E-state index in [9.17, 15) is 0 Å². The molecule has 0 aliphatic heterocycles. The molecule has 0 aliphatic rings. The minimum atomic E-state index is 0.904. The number of fused-ring (bicyclic) bond motifs is 7. The summed E-state index contributed by atoms with van der Waals surface area (Å²) in [5.74, 6) is 0. The summed E-state index contributed by atoms with van der Waals surface area (Å²) in [4.78, 5) is 2.38. The summed E-state index contributed by atoms with van der Waals surface area (Å²) in [6, 6.07) is 82.9. The number of para-hydroxylation sites is 4. The standard InChI is InChI=1S/C58H38N2O/c1-2-14-39(15-3-1)43-32-37-47(56(38-43)60-54-24-9-6-19-49(54)50-20-7-10-25-55(50)60)41-28-33-44(34-29-41)59(53-26-12-17-40-16-4-5-18-46(40)53)45-35-30-42(31-36-45)48-22-13-23-52-51-21-8-11-27-57(51)61-58(48)52/h1-38H. The third-order valence-corrected chi connectivity index (χ3v) is 12.2. The lowest BCUT2D eigenvalue weighted by molar-refractivity contribution is 0.670. The zero-order valence-electron chi connectivity index (χ0n) is 33.2. The van der Waals surface area contributed by atoms with Crippen LogP contribution in [0.4, 0.5) is 17.1 Å². The molecule has 0 aliphatic carbocycles. The lowest BCUT2D eigenvalue weighted by Gasteiger charge is -2.27. The first-order valence-electron chi connectivity index (χ1n) is 20.8. The highest BCUT2D eigenvalue weighted by atomic mass is 16.3. The van der Waals surface area contributed by atoms with Crippen molar-refractivity contribution < 1.29 is 4.42 Å². The van der Waals surface area contributed by atoms with E-state index in [-0.39, 0.29) is 0 Å². The molecule has 10 aromatic carbocycles. The van der Waals surface area contributed by atoms with Crippen molar-refractivity contribution in [2.24, 2.45) is 0 Å². The minimum Gasteiger partial charge on any atom is -0.455 e. The highest BCUT2D eigenvalue weighted by Gasteiger charge is 2.20. The minimum absolute atomic E-state index is 0.904. The molecular weight excluding hydrogens is 741 g/mol. The number of benzene rings is 10. The SMILES string of the molecule is c1ccc(-c2ccc(-c3ccc(N(c4ccc(-c5cccc6c5oc5ccccc56)cc4)c4cccc5ccccc45)cc3)c(-n3c4ccccc4c4ccccc43)c2)cc1. The molecule has 0 bridgehead atoms. The van der Waals surface area contributed by atoms with Gasteiger partial charge in [0.05, 0.1) is 22.4 Å². The fraction of sp³-hybridized carbons (Fsp3) is 0. The van der Waals surface area contributed by atoms with E-state index in [2.05, 4.69) is 228 Å². The van der Waals surface area contributed by atoms with Crippen LogP contribution in [0.5, 0.6) is 0 Å². The Balaban J connectivity index is 1.00. The Morgan fingerprint density at radius 2 is 0.885 bits per heavy atom. The summed E-state index contributed by atoms with van der Waals surface area (Å²) >= 11 is 0. The predicted octanol–water partition coefficient (Wildman–Crippen LogP) is 16.3. The maximum absolute atomic E-state index is 6.44. The first kappa shape index (κ1) is 34.9. The van der Waals surface area contributed by atoms with E-state index < -0.39 is 0 Å². The van der Waals surface area contributed by atoms with Gasteiger partial charge in [0.2, 0.25) is 0 Å². The topological polar surface area (TPSA) is 21.3 Å². The summed E-state index contributed by atoms with van der Waals surface area (Å²) in [5, 5.41) is 7.15. The largest absolute Gasteiger partial charge is 0.455 e. The van der Waals surface area contributed by atoms with Crippen LogP contribution in [0.3, 0.4) is 0 Å². The zero-order chi connectivity index (χ0) is 40.3. The molecule has 286 valence electrons. The van der Waals surface area contributed by atoms with Crippen molar-refractivity contribution in [3.05, 3.63) is 231 Å². The summed E-state index contributed by atoms with van der Waals surface area (Å²) in [5.41, 5.74) is 15.5. The third-order valence-electron chi connectivity index (χ3n) is 12.2. The average molecular weight is 779 g/mol. The molecule has 0 atom stereocenters. The lowest BCUT2D eigenvalue weighted by Crippen LogP contribution is -2.10. The van der Waals surface area contributed by atoms with Crippen LogP contribution in [0.2, 0.25) is 0 Å². The first-order chi connectivity index (χ1) is 30.3. The van der Waals surface area contributed by atoms with Crippen LogP contribution in [0.25, 0.3) is 93.6 Å². The molecule has 3 heteroatoms. The molecule has 0 spiro atoms. The van der Waals surface area contributed by atoms with Gasteiger partial charge in [0.15, 0.2) is 0 Å². The van der Waals surface area contributed by atoms with Gasteiger partial charge >= 0.3 is 0 Å². The Kier molecular flexibility index (Phi) is 8.17. The summed E-state index contributed by atoms with van der Waals surface area (Å²) in [6.07, 6.45) is 0. The normalized spacial score (nSPS) is 11.6. The molecule has 2 heterocycles. The number of anilines is 3. The Morgan fingerprint density at radius 3 is 1.61 bits per heavy atom. The predicted molar refractivity (Wildman–Crippen MR) is 257 cm³/mol. The molecule has 3 nitrogen and oxygen atoms in total. The Bertz CT molecular complexity index is 3520. The van der Waals surface area contributed by atoms with Crippen LogP contribution in [0, 0.1) is 0 Å². The first-order valence-corrected chi connectivity index (χ1v) is 20.8. The van der Waals surface area contributed by atoms with E-state index >= 15 is 0 Å². The van der Waals surface area contributed by atoms with Crippen LogP contribution in [0.1, 0.15) is 0 Å². The van der Waals surface area contributed by atoms with Crippen molar-refractivity contribution in [3.8, 4) is 39.1 Å². The van der Waals surface area contributed by atoms with Gasteiger partial charge in [-0.1, -0.05) is 176 Å². The molecule has 0 saturated carbocycles. The number of nitrogens with zero attached hydrogens (tertiary/aromatic N) is 2. The zero-order valence-corrected chi connectivity index (χ0v) is 33.2. The van der Waals surface area contributed by atoms with Gasteiger partial charge < -0.3 is 13.9 Å². The van der Waals surface area contributed by atoms with Gasteiger partial charge in [-0.25, -0.2) is 0 Å². The maximum atomic E-state index is 6.44. The van der Waals surface area contributed by atoms with Gasteiger partial charge in [0.1, 0.15) is 11.2 Å². The second kappa shape index (κ2) is 14.3. The van der Waals surface area contributed by atoms with Gasteiger partial charge in [-0.05, 0) is 82.2 Å². The number of rotatable bonds is 7. The molecule has 0 amide bonds. The summed E-state index contributed by atoms with van der Waals surface area (Å²) in [7, 11) is 0. The number of aromatic nitrogens is 1. The van der Waals surface area contributed by atoms with E-state index in [0.29, 0.717) is 0 Å². The molecule has 0 fully saturated rings. The molecule has 12 rings (SSSR count). The molecular formula is C58H38N2O. The Morgan fingerprint density at radius 1 is 0.344 bits per heavy atom. The summed E-state index contributed by atoms with van der Waals surface area (Å²) < 4.78 is 8.88. The smallest absolute Gasteiger partial charge is 0.143 e. The monoisotopic (exact) mass is 778 g/mol. The molecule has 12 aromatic rings. The second-order valence-electron chi connectivity index (χ2n) is 15.7. The van der Waals surface area contributed by atoms with E-state index in [1.54, 1.807) is 0 Å². The average Bonchev–Trinajstić information content (AvgIpc) is 3.88. The van der Waals surface area contributed by atoms with Crippen molar-refractivity contribution >= 4 is 71.6 Å². The van der Waals surface area contributed by atoms with Crippen LogP contribution in [0.15, 0.2) is 235 Å². The van der Waals surface area contributed by atoms with Crippen molar-refractivity contribution in [2.75, 3.05) is 4.90 Å². The maximum Gasteiger partial charge on any atom is 0.143 e. The van der Waals surface area contributed by atoms with Crippen LogP contribution < -0.4 is 4.90 Å². The molecule has 61 heavy (non-hydrogen) atoms. The van der Waals surface area contributed by atoms with Gasteiger partial charge in [0.25, 0.3) is 0 Å². The summed E-state index contributed by atoms with van der Waals surface area (Å²) in [6.45, 7) is 0. The fourth-order valence-electron chi connectivity index (χ4n) is 9.34. The quantitative estimate of drug-likeness (QED) is 0.161. The molecule has 0 radical (unpaired) electrons. The highest BCUT2D eigenvalue weighted by molar-refractivity contribution is 6.11. The van der Waals surface area contributed by atoms with E-state index in [4.69, 9.17) is 4.42 Å². The van der Waals surface area contributed by atoms with E-state index in [1.807, 2.05) is 12.1 Å². The van der Waals surface area contributed by atoms with E-state index in [1.165, 1.54) is 49.3 Å². The van der Waals surface area contributed by atoms with Gasteiger partial charge in [-0.3, -0.25) is 0 Å². The number of furan rings is 1. The van der Waals surface area contributed by atoms with Crippen molar-refractivity contribution in [1.29, 1.82) is 0 Å². The fourth-order valence-corrected chi connectivity index (χ4v) is 9.34. The molecule has 0 N–H and O–H groups in total. The number of hydrogen-bond acceptors (Lipinski definition) is 2.